The molecule has 0 saturated heterocycles. The van der Waals surface area contributed by atoms with Gasteiger partial charge in [0.05, 0.1) is 0 Å². The molecule has 0 N–H and O–H groups in total. The molecule has 0 aromatic carbocycles. The third kappa shape index (κ3) is 0.716. The van der Waals surface area contributed by atoms with Gasteiger partial charge in [-0.05, 0) is 35.5 Å². The fraction of sp³-hybridized carbons (Fsp3) is 0.429. The number of hydrogen-bond donors (Lipinski definition) is 0. The Morgan fingerprint density at radius 1 is 0.357 bits per heavy atom. The lowest BCUT2D eigenvalue weighted by Gasteiger charge is -2.28. The molecule has 0 heterocycles. The quantitative estimate of drug-likeness (QED) is 0.547. The SMILES string of the molecule is C1=CC2C=CC1C2C1C2C=CC1C=C2. The molecule has 0 unspecified atom stereocenters. The molecular weight excluding hydrogens is 168 g/mol. The van der Waals surface area contributed by atoms with E-state index >= 15 is 0 Å². The summed E-state index contributed by atoms with van der Waals surface area (Å²) >= 11 is 0. The van der Waals surface area contributed by atoms with Crippen molar-refractivity contribution in [2.45, 2.75) is 0 Å². The lowest BCUT2D eigenvalue weighted by atomic mass is 9.75. The fourth-order valence-electron chi connectivity index (χ4n) is 3.85. The van der Waals surface area contributed by atoms with Gasteiger partial charge in [-0.15, -0.1) is 0 Å². The normalized spacial score (nSPS) is 55.4. The first-order valence-corrected chi connectivity index (χ1v) is 5.67. The minimum Gasteiger partial charge on any atom is -0.0807 e. The first-order chi connectivity index (χ1) is 6.93. The zero-order chi connectivity index (χ0) is 9.12. The smallest absolute Gasteiger partial charge is 0.00128 e. The summed E-state index contributed by atoms with van der Waals surface area (Å²) in [5, 5.41) is 0. The fourth-order valence-corrected chi connectivity index (χ4v) is 3.85. The molecular formula is C14H14. The highest BCUT2D eigenvalue weighted by molar-refractivity contribution is 5.33. The van der Waals surface area contributed by atoms with Crippen LogP contribution in [0.25, 0.3) is 0 Å². The van der Waals surface area contributed by atoms with E-state index in [1.165, 1.54) is 0 Å². The van der Waals surface area contributed by atoms with E-state index in [0.717, 1.165) is 35.5 Å². The third-order valence-corrected chi connectivity index (χ3v) is 4.44. The van der Waals surface area contributed by atoms with Gasteiger partial charge in [0.25, 0.3) is 0 Å². The molecule has 0 saturated carbocycles. The molecule has 0 aromatic heterocycles. The maximum atomic E-state index is 2.41. The number of allylic oxidation sites excluding steroid dienone is 8. The van der Waals surface area contributed by atoms with E-state index in [1.54, 1.807) is 0 Å². The second-order valence-electron chi connectivity index (χ2n) is 5.00. The van der Waals surface area contributed by atoms with E-state index < -0.39 is 0 Å². The van der Waals surface area contributed by atoms with Crippen LogP contribution in [0.4, 0.5) is 0 Å². The van der Waals surface area contributed by atoms with Crippen molar-refractivity contribution in [2.75, 3.05) is 0 Å². The first-order valence-electron chi connectivity index (χ1n) is 5.67. The summed E-state index contributed by atoms with van der Waals surface area (Å²) in [6.07, 6.45) is 19.3. The molecule has 0 aliphatic heterocycles. The summed E-state index contributed by atoms with van der Waals surface area (Å²) in [4.78, 5) is 0. The summed E-state index contributed by atoms with van der Waals surface area (Å²) in [6, 6.07) is 0. The van der Waals surface area contributed by atoms with Crippen LogP contribution in [0.5, 0.6) is 0 Å². The molecule has 0 amide bonds. The molecule has 4 bridgehead atoms. The van der Waals surface area contributed by atoms with Gasteiger partial charge in [0, 0.05) is 0 Å². The largest absolute Gasteiger partial charge is 0.0807 e. The second kappa shape index (κ2) is 2.31. The zero-order valence-corrected chi connectivity index (χ0v) is 8.08. The van der Waals surface area contributed by atoms with Gasteiger partial charge in [0.15, 0.2) is 0 Å². The summed E-state index contributed by atoms with van der Waals surface area (Å²) in [5.74, 6) is 4.72. The van der Waals surface area contributed by atoms with Gasteiger partial charge in [-0.25, -0.2) is 0 Å². The van der Waals surface area contributed by atoms with E-state index in [4.69, 9.17) is 0 Å². The van der Waals surface area contributed by atoms with Crippen molar-refractivity contribution in [3.05, 3.63) is 48.6 Å². The van der Waals surface area contributed by atoms with Crippen LogP contribution < -0.4 is 0 Å². The molecule has 4 aliphatic rings. The Balaban J connectivity index is 1.68. The average Bonchev–Trinajstić information content (AvgIpc) is 2.92. The Bertz CT molecular complexity index is 285. The highest BCUT2D eigenvalue weighted by Gasteiger charge is 2.46. The van der Waals surface area contributed by atoms with Crippen molar-refractivity contribution >= 4 is 0 Å². The minimum atomic E-state index is 0.745. The average molecular weight is 182 g/mol. The molecule has 0 nitrogen and oxygen atoms in total. The number of hydrogen-bond acceptors (Lipinski definition) is 0. The van der Waals surface area contributed by atoms with Gasteiger partial charge in [-0.2, -0.15) is 0 Å². The van der Waals surface area contributed by atoms with Crippen molar-refractivity contribution < 1.29 is 0 Å². The zero-order valence-electron chi connectivity index (χ0n) is 8.08. The van der Waals surface area contributed by atoms with Crippen LogP contribution in [0.1, 0.15) is 0 Å². The van der Waals surface area contributed by atoms with Gasteiger partial charge < -0.3 is 0 Å². The summed E-state index contributed by atoms with van der Waals surface area (Å²) < 4.78 is 0. The van der Waals surface area contributed by atoms with Crippen LogP contribution in [-0.2, 0) is 0 Å². The highest BCUT2D eigenvalue weighted by Crippen LogP contribution is 2.53. The van der Waals surface area contributed by atoms with Crippen molar-refractivity contribution in [1.82, 2.24) is 0 Å². The predicted octanol–water partition coefficient (Wildman–Crippen LogP) is 2.96. The van der Waals surface area contributed by atoms with Crippen molar-refractivity contribution in [2.24, 2.45) is 35.5 Å². The van der Waals surface area contributed by atoms with E-state index in [0.29, 0.717) is 0 Å². The van der Waals surface area contributed by atoms with Gasteiger partial charge in [0.2, 0.25) is 0 Å². The van der Waals surface area contributed by atoms with Crippen molar-refractivity contribution in [3.8, 4) is 0 Å². The molecule has 0 spiro atoms. The van der Waals surface area contributed by atoms with Crippen LogP contribution in [0.2, 0.25) is 0 Å². The van der Waals surface area contributed by atoms with E-state index in [9.17, 15) is 0 Å². The summed E-state index contributed by atoms with van der Waals surface area (Å²) in [7, 11) is 0. The van der Waals surface area contributed by atoms with E-state index in [-0.39, 0.29) is 0 Å². The molecule has 4 aliphatic carbocycles. The Labute approximate surface area is 84.7 Å². The summed E-state index contributed by atoms with van der Waals surface area (Å²) in [6.45, 7) is 0. The maximum absolute atomic E-state index is 2.41. The van der Waals surface area contributed by atoms with Crippen LogP contribution in [0, 0.1) is 35.5 Å². The van der Waals surface area contributed by atoms with Gasteiger partial charge in [-0.1, -0.05) is 48.6 Å². The molecule has 0 heteroatoms. The Morgan fingerprint density at radius 2 is 0.571 bits per heavy atom. The number of fused-ring (bicyclic) bond motifs is 5. The van der Waals surface area contributed by atoms with E-state index in [1.807, 2.05) is 0 Å². The molecule has 4 rings (SSSR count). The lowest BCUT2D eigenvalue weighted by Crippen LogP contribution is -2.25. The molecule has 0 aromatic rings. The van der Waals surface area contributed by atoms with Crippen LogP contribution in [-0.4, -0.2) is 0 Å². The van der Waals surface area contributed by atoms with Crippen LogP contribution in [0.15, 0.2) is 48.6 Å². The topological polar surface area (TPSA) is 0 Å². The Hall–Kier alpha value is -1.04. The Kier molecular flexibility index (Phi) is 1.20. The second-order valence-corrected chi connectivity index (χ2v) is 5.00. The predicted molar refractivity (Wildman–Crippen MR) is 57.5 cm³/mol. The first kappa shape index (κ1) is 7.28. The van der Waals surface area contributed by atoms with Crippen LogP contribution in [0.3, 0.4) is 0 Å². The van der Waals surface area contributed by atoms with E-state index in [2.05, 4.69) is 48.6 Å². The van der Waals surface area contributed by atoms with Gasteiger partial charge in [0.1, 0.15) is 0 Å². The molecule has 0 atom stereocenters. The number of rotatable bonds is 1. The van der Waals surface area contributed by atoms with Crippen LogP contribution >= 0.6 is 0 Å². The van der Waals surface area contributed by atoms with Crippen molar-refractivity contribution in [1.29, 1.82) is 0 Å². The molecule has 0 fully saturated rings. The highest BCUT2D eigenvalue weighted by atomic mass is 14.5. The molecule has 70 valence electrons. The molecule has 14 heavy (non-hydrogen) atoms. The lowest BCUT2D eigenvalue weighted by molar-refractivity contribution is 0.247. The van der Waals surface area contributed by atoms with Crippen molar-refractivity contribution in [3.63, 3.8) is 0 Å². The summed E-state index contributed by atoms with van der Waals surface area (Å²) in [5.41, 5.74) is 0. The Morgan fingerprint density at radius 3 is 0.786 bits per heavy atom. The minimum absolute atomic E-state index is 0.745. The third-order valence-electron chi connectivity index (χ3n) is 4.44. The maximum Gasteiger partial charge on any atom is -0.00128 e. The monoisotopic (exact) mass is 182 g/mol. The van der Waals surface area contributed by atoms with Gasteiger partial charge in [-0.3, -0.25) is 0 Å². The molecule has 0 radical (unpaired) electrons. The van der Waals surface area contributed by atoms with Gasteiger partial charge >= 0.3 is 0 Å². The standard InChI is InChI=1S/C14H14/c1-2-10-4-3-9(1)13(10)14-11-5-6-12(14)8-7-11/h1-14H.